The van der Waals surface area contributed by atoms with Crippen LogP contribution in [-0.4, -0.2) is 19.1 Å². The van der Waals surface area contributed by atoms with E-state index in [9.17, 15) is 0 Å². The summed E-state index contributed by atoms with van der Waals surface area (Å²) in [5.41, 5.74) is 10.7. The molecule has 0 fully saturated rings. The Morgan fingerprint density at radius 2 is 1.06 bits per heavy atom. The lowest BCUT2D eigenvalue weighted by Crippen LogP contribution is -1.97. The zero-order chi connectivity index (χ0) is 35.9. The number of aryl methyl sites for hydroxylation is 2. The first kappa shape index (κ1) is 36.3. The maximum absolute atomic E-state index is 3.40. The van der Waals surface area contributed by atoms with Crippen molar-refractivity contribution < 1.29 is 0 Å². The summed E-state index contributed by atoms with van der Waals surface area (Å²) < 4.78 is 4.48. The zero-order valence-electron chi connectivity index (χ0n) is 31.8. The maximum atomic E-state index is 3.40. The number of fused-ring (bicyclic) bond motifs is 4. The molecule has 4 heteroatoms. The number of hydrogen-bond acceptors (Lipinski definition) is 0. The maximum Gasteiger partial charge on any atom is 0.0480 e. The third kappa shape index (κ3) is 8.25. The molecule has 8 rings (SSSR count). The van der Waals surface area contributed by atoms with Crippen LogP contribution in [0, 0.1) is 0 Å². The molecule has 8 aromatic rings. The van der Waals surface area contributed by atoms with Gasteiger partial charge in [-0.15, -0.1) is 0 Å². The highest BCUT2D eigenvalue weighted by atomic mass is 14.9. The Bertz CT molecular complexity index is 2220. The van der Waals surface area contributed by atoms with Crippen LogP contribution in [0.2, 0.25) is 0 Å². The molecule has 0 unspecified atom stereocenters. The summed E-state index contributed by atoms with van der Waals surface area (Å²) in [5.74, 6) is 2.38. The second-order valence-electron chi connectivity index (χ2n) is 14.6. The van der Waals surface area contributed by atoms with E-state index in [1.54, 1.807) is 0 Å². The van der Waals surface area contributed by atoms with E-state index in [4.69, 9.17) is 0 Å². The minimum atomic E-state index is 0.581. The zero-order valence-corrected chi connectivity index (χ0v) is 31.8. The molecule has 0 saturated heterocycles. The molecule has 0 aliphatic rings. The first-order valence-corrected chi connectivity index (χ1v) is 18.2. The summed E-state index contributed by atoms with van der Waals surface area (Å²) in [7, 11) is 4.24. The molecule has 0 bridgehead atoms. The lowest BCUT2D eigenvalue weighted by molar-refractivity contribution is 0.755. The predicted octanol–water partition coefficient (Wildman–Crippen LogP) is 13.2. The number of rotatable bonds is 4. The van der Waals surface area contributed by atoms with E-state index in [2.05, 4.69) is 210 Å². The number of nitrogens with one attached hydrogen (secondary N) is 2. The Labute approximate surface area is 299 Å². The monoisotopic (exact) mass is 664 g/mol. The first-order chi connectivity index (χ1) is 24.0. The van der Waals surface area contributed by atoms with Crippen molar-refractivity contribution in [2.24, 2.45) is 14.1 Å². The van der Waals surface area contributed by atoms with Crippen molar-refractivity contribution >= 4 is 43.6 Å². The smallest absolute Gasteiger partial charge is 0.0480 e. The van der Waals surface area contributed by atoms with Crippen LogP contribution >= 0.6 is 0 Å². The first-order valence-electron chi connectivity index (χ1n) is 18.2. The number of H-pyrrole nitrogens is 2. The van der Waals surface area contributed by atoms with E-state index in [1.807, 2.05) is 0 Å². The van der Waals surface area contributed by atoms with Crippen molar-refractivity contribution in [1.82, 2.24) is 19.1 Å². The minimum Gasteiger partial charge on any atom is -0.361 e. The molecule has 0 spiro atoms. The number of para-hydroxylation sites is 4. The quantitative estimate of drug-likeness (QED) is 0.188. The predicted molar refractivity (Wildman–Crippen MR) is 219 cm³/mol. The average Bonchev–Trinajstić information content (AvgIpc) is 3.89. The van der Waals surface area contributed by atoms with Crippen LogP contribution in [0.4, 0.5) is 0 Å². The summed E-state index contributed by atoms with van der Waals surface area (Å²) >= 11 is 0. The molecular formula is C46H56N4. The molecule has 0 saturated carbocycles. The van der Waals surface area contributed by atoms with Crippen LogP contribution in [0.25, 0.3) is 43.6 Å². The van der Waals surface area contributed by atoms with E-state index in [1.165, 1.54) is 66.1 Å². The summed E-state index contributed by atoms with van der Waals surface area (Å²) in [6, 6.07) is 38.4. The molecule has 0 aliphatic carbocycles. The van der Waals surface area contributed by atoms with Crippen LogP contribution in [-0.2, 0) is 14.1 Å². The second kappa shape index (κ2) is 16.2. The van der Waals surface area contributed by atoms with Gasteiger partial charge in [-0.25, -0.2) is 0 Å². The van der Waals surface area contributed by atoms with Gasteiger partial charge in [-0.05, 0) is 82.0 Å². The molecule has 260 valence electrons. The topological polar surface area (TPSA) is 41.4 Å². The largest absolute Gasteiger partial charge is 0.361 e. The van der Waals surface area contributed by atoms with Crippen molar-refractivity contribution in [2.45, 2.75) is 79.1 Å². The van der Waals surface area contributed by atoms with Gasteiger partial charge in [-0.2, -0.15) is 0 Å². The molecule has 0 amide bonds. The molecule has 4 aromatic carbocycles. The molecule has 0 atom stereocenters. The SMILES string of the molecule is CC(C)c1c[nH]c2ccccc12.CC(C)c1cc2ccccc2[nH]1.CC(C)c1cc2ccccc2n1C.CC(C)c1cn(C)c2ccccc12. The number of benzene rings is 4. The molecule has 0 aliphatic heterocycles. The van der Waals surface area contributed by atoms with Gasteiger partial charge in [0.05, 0.1) is 0 Å². The third-order valence-corrected chi connectivity index (χ3v) is 9.55. The van der Waals surface area contributed by atoms with E-state index < -0.39 is 0 Å². The fourth-order valence-electron chi connectivity index (χ4n) is 6.68. The van der Waals surface area contributed by atoms with Crippen molar-refractivity contribution in [2.75, 3.05) is 0 Å². The Morgan fingerprint density at radius 3 is 1.66 bits per heavy atom. The van der Waals surface area contributed by atoms with E-state index >= 15 is 0 Å². The Balaban J connectivity index is 0.000000130. The molecule has 2 N–H and O–H groups in total. The van der Waals surface area contributed by atoms with Gasteiger partial charge in [-0.3, -0.25) is 0 Å². The van der Waals surface area contributed by atoms with Crippen molar-refractivity contribution in [3.8, 4) is 0 Å². The van der Waals surface area contributed by atoms with Gasteiger partial charge >= 0.3 is 0 Å². The van der Waals surface area contributed by atoms with Gasteiger partial charge in [0.15, 0.2) is 0 Å². The van der Waals surface area contributed by atoms with Crippen LogP contribution in [0.1, 0.15) is 102 Å². The fourth-order valence-corrected chi connectivity index (χ4v) is 6.68. The Kier molecular flexibility index (Phi) is 11.7. The van der Waals surface area contributed by atoms with Gasteiger partial charge < -0.3 is 19.1 Å². The second-order valence-corrected chi connectivity index (χ2v) is 14.6. The summed E-state index contributed by atoms with van der Waals surface area (Å²) in [6.45, 7) is 17.8. The molecule has 0 radical (unpaired) electrons. The van der Waals surface area contributed by atoms with Gasteiger partial charge in [0.2, 0.25) is 0 Å². The lowest BCUT2D eigenvalue weighted by Gasteiger charge is -2.06. The highest BCUT2D eigenvalue weighted by molar-refractivity contribution is 5.85. The number of nitrogens with zero attached hydrogens (tertiary/aromatic N) is 2. The van der Waals surface area contributed by atoms with Crippen molar-refractivity contribution in [1.29, 1.82) is 0 Å². The van der Waals surface area contributed by atoms with Gasteiger partial charge in [-0.1, -0.05) is 128 Å². The lowest BCUT2D eigenvalue weighted by atomic mass is 10.0. The van der Waals surface area contributed by atoms with Crippen LogP contribution in [0.15, 0.2) is 122 Å². The highest BCUT2D eigenvalue weighted by Gasteiger charge is 2.09. The van der Waals surface area contributed by atoms with E-state index in [0.29, 0.717) is 23.7 Å². The molecule has 4 heterocycles. The summed E-state index contributed by atoms with van der Waals surface area (Å²) in [5, 5.41) is 5.39. The fraction of sp³-hybridized carbons (Fsp3) is 0.304. The van der Waals surface area contributed by atoms with Gasteiger partial charge in [0.25, 0.3) is 0 Å². The van der Waals surface area contributed by atoms with Gasteiger partial charge in [0, 0.05) is 70.7 Å². The summed E-state index contributed by atoms with van der Waals surface area (Å²) in [6.07, 6.45) is 4.34. The minimum absolute atomic E-state index is 0.581. The molecule has 4 nitrogen and oxygen atoms in total. The number of hydrogen-bond donors (Lipinski definition) is 2. The highest BCUT2D eigenvalue weighted by Crippen LogP contribution is 2.27. The van der Waals surface area contributed by atoms with Crippen molar-refractivity contribution in [3.05, 3.63) is 144 Å². The van der Waals surface area contributed by atoms with E-state index in [-0.39, 0.29) is 0 Å². The third-order valence-electron chi connectivity index (χ3n) is 9.55. The summed E-state index contributed by atoms with van der Waals surface area (Å²) in [4.78, 5) is 6.66. The van der Waals surface area contributed by atoms with E-state index in [0.717, 1.165) is 0 Å². The normalized spacial score (nSPS) is 11.3. The average molecular weight is 665 g/mol. The number of aromatic nitrogens is 4. The Morgan fingerprint density at radius 1 is 0.500 bits per heavy atom. The molecule has 4 aromatic heterocycles. The van der Waals surface area contributed by atoms with Crippen LogP contribution in [0.3, 0.4) is 0 Å². The van der Waals surface area contributed by atoms with Crippen LogP contribution in [0.5, 0.6) is 0 Å². The van der Waals surface area contributed by atoms with Gasteiger partial charge in [0.1, 0.15) is 0 Å². The Hall–Kier alpha value is -4.96. The van der Waals surface area contributed by atoms with Crippen LogP contribution < -0.4 is 0 Å². The van der Waals surface area contributed by atoms with Crippen molar-refractivity contribution in [3.63, 3.8) is 0 Å². The molecular weight excluding hydrogens is 609 g/mol. The standard InChI is InChI=1S/2C12H15N.2C11H13N/c1-9(2)11-8-13(3)12-7-5-4-6-10(11)12;1-9(2)12-8-10-6-4-5-7-11(10)13(12)3;1-8(2)10-7-12-11-6-4-3-5-9(10)11;1-8(2)11-7-9-5-3-4-6-10(9)12-11/h2*4-9H,1-3H3;2*3-8,12H,1-2H3. The molecule has 50 heavy (non-hydrogen) atoms. The number of aromatic amines is 2.